The molecule has 1 aromatic heterocycles. The lowest BCUT2D eigenvalue weighted by atomic mass is 10.1. The van der Waals surface area contributed by atoms with Gasteiger partial charge in [-0.1, -0.05) is 17.3 Å². The second-order valence-electron chi connectivity index (χ2n) is 3.31. The van der Waals surface area contributed by atoms with E-state index in [0.717, 1.165) is 0 Å². The van der Waals surface area contributed by atoms with Gasteiger partial charge in [0.2, 0.25) is 0 Å². The van der Waals surface area contributed by atoms with Crippen molar-refractivity contribution in [1.82, 2.24) is 5.16 Å². The van der Waals surface area contributed by atoms with E-state index in [1.54, 1.807) is 24.3 Å². The number of hydrogen-bond acceptors (Lipinski definition) is 5. The number of carboxylic acid groups (broad SMARTS) is 1. The first kappa shape index (κ1) is 11.0. The number of carbonyl (C=O) groups is 1. The van der Waals surface area contributed by atoms with Gasteiger partial charge < -0.3 is 20.1 Å². The number of carboxylic acids is 1. The number of aromatic nitrogens is 1. The van der Waals surface area contributed by atoms with Crippen LogP contribution in [0.5, 0.6) is 5.75 Å². The number of methoxy groups -OCH3 is 1. The molecule has 88 valence electrons. The first-order valence-corrected chi connectivity index (χ1v) is 4.76. The van der Waals surface area contributed by atoms with Crippen molar-refractivity contribution < 1.29 is 19.2 Å². The first-order chi connectivity index (χ1) is 8.13. The zero-order chi connectivity index (χ0) is 12.4. The smallest absolute Gasteiger partial charge is 0.376 e. The predicted octanol–water partition coefficient (Wildman–Crippen LogP) is 1.63. The molecular formula is C11H10N2O4. The zero-order valence-electron chi connectivity index (χ0n) is 9.01. The van der Waals surface area contributed by atoms with Gasteiger partial charge in [-0.25, -0.2) is 4.79 Å². The third-order valence-corrected chi connectivity index (χ3v) is 2.27. The summed E-state index contributed by atoms with van der Waals surface area (Å²) in [6.07, 6.45) is 0. The Balaban J connectivity index is 2.49. The summed E-state index contributed by atoms with van der Waals surface area (Å²) in [6.45, 7) is 0. The largest absolute Gasteiger partial charge is 0.497 e. The average molecular weight is 234 g/mol. The zero-order valence-corrected chi connectivity index (χ0v) is 9.01. The van der Waals surface area contributed by atoms with E-state index in [1.807, 2.05) is 0 Å². The Labute approximate surface area is 96.6 Å². The molecule has 0 aliphatic carbocycles. The van der Waals surface area contributed by atoms with Gasteiger partial charge in [-0.15, -0.1) is 0 Å². The van der Waals surface area contributed by atoms with E-state index in [4.69, 9.17) is 15.6 Å². The SMILES string of the molecule is COc1cccc(-c2noc(C(=O)O)c2N)c1. The Morgan fingerprint density at radius 1 is 1.53 bits per heavy atom. The Morgan fingerprint density at radius 3 is 2.88 bits per heavy atom. The van der Waals surface area contributed by atoms with Crippen molar-refractivity contribution in [1.29, 1.82) is 0 Å². The molecular weight excluding hydrogens is 224 g/mol. The Hall–Kier alpha value is -2.50. The second kappa shape index (κ2) is 4.17. The van der Waals surface area contributed by atoms with Crippen molar-refractivity contribution in [3.63, 3.8) is 0 Å². The van der Waals surface area contributed by atoms with Gasteiger partial charge in [0, 0.05) is 5.56 Å². The van der Waals surface area contributed by atoms with E-state index >= 15 is 0 Å². The molecule has 1 heterocycles. The molecule has 0 unspecified atom stereocenters. The van der Waals surface area contributed by atoms with Gasteiger partial charge in [0.1, 0.15) is 17.1 Å². The maximum Gasteiger partial charge on any atom is 0.376 e. The monoisotopic (exact) mass is 234 g/mol. The van der Waals surface area contributed by atoms with Crippen molar-refractivity contribution >= 4 is 11.7 Å². The molecule has 0 amide bonds. The summed E-state index contributed by atoms with van der Waals surface area (Å²) in [5.41, 5.74) is 6.59. The molecule has 1 aromatic carbocycles. The molecule has 0 aliphatic heterocycles. The van der Waals surface area contributed by atoms with Gasteiger partial charge >= 0.3 is 5.97 Å². The molecule has 0 atom stereocenters. The molecule has 0 saturated heterocycles. The van der Waals surface area contributed by atoms with E-state index in [-0.39, 0.29) is 11.4 Å². The molecule has 0 bridgehead atoms. The van der Waals surface area contributed by atoms with Crippen LogP contribution in [0.1, 0.15) is 10.6 Å². The number of benzene rings is 1. The Kier molecular flexibility index (Phi) is 2.70. The van der Waals surface area contributed by atoms with Crippen LogP contribution in [-0.4, -0.2) is 23.3 Å². The fourth-order valence-electron chi connectivity index (χ4n) is 1.43. The average Bonchev–Trinajstić information content (AvgIpc) is 2.71. The quantitative estimate of drug-likeness (QED) is 0.837. The molecule has 6 nitrogen and oxygen atoms in total. The van der Waals surface area contributed by atoms with Crippen LogP contribution in [0.15, 0.2) is 28.8 Å². The standard InChI is InChI=1S/C11H10N2O4/c1-16-7-4-2-3-6(5-7)9-8(12)10(11(14)15)17-13-9/h2-5H,12H2,1H3,(H,14,15). The molecule has 6 heteroatoms. The summed E-state index contributed by atoms with van der Waals surface area (Å²) in [5, 5.41) is 12.4. The van der Waals surface area contributed by atoms with Gasteiger partial charge in [-0.05, 0) is 12.1 Å². The van der Waals surface area contributed by atoms with Gasteiger partial charge in [-0.3, -0.25) is 0 Å². The van der Waals surface area contributed by atoms with Crippen molar-refractivity contribution in [2.24, 2.45) is 0 Å². The molecule has 0 spiro atoms. The van der Waals surface area contributed by atoms with E-state index in [9.17, 15) is 4.79 Å². The molecule has 17 heavy (non-hydrogen) atoms. The second-order valence-corrected chi connectivity index (χ2v) is 3.31. The molecule has 0 fully saturated rings. The summed E-state index contributed by atoms with van der Waals surface area (Å²) >= 11 is 0. The fraction of sp³-hybridized carbons (Fsp3) is 0.0909. The maximum absolute atomic E-state index is 10.8. The lowest BCUT2D eigenvalue weighted by molar-refractivity contribution is 0.0653. The number of nitrogens with zero attached hydrogens (tertiary/aromatic N) is 1. The van der Waals surface area contributed by atoms with Crippen LogP contribution < -0.4 is 10.5 Å². The Bertz CT molecular complexity index is 562. The van der Waals surface area contributed by atoms with E-state index < -0.39 is 5.97 Å². The van der Waals surface area contributed by atoms with Crippen LogP contribution >= 0.6 is 0 Å². The summed E-state index contributed by atoms with van der Waals surface area (Å²) in [5.74, 6) is -0.978. The number of nitrogen functional groups attached to an aromatic ring is 1. The number of nitrogens with two attached hydrogens (primary N) is 1. The van der Waals surface area contributed by atoms with Crippen molar-refractivity contribution in [3.05, 3.63) is 30.0 Å². The van der Waals surface area contributed by atoms with Gasteiger partial charge in [0.15, 0.2) is 0 Å². The summed E-state index contributed by atoms with van der Waals surface area (Å²) in [6, 6.07) is 6.95. The predicted molar refractivity (Wildman–Crippen MR) is 59.9 cm³/mol. The number of aromatic carboxylic acids is 1. The summed E-state index contributed by atoms with van der Waals surface area (Å²) in [7, 11) is 1.54. The van der Waals surface area contributed by atoms with E-state index in [0.29, 0.717) is 17.0 Å². The molecule has 0 saturated carbocycles. The number of rotatable bonds is 3. The highest BCUT2D eigenvalue weighted by Gasteiger charge is 2.20. The number of anilines is 1. The van der Waals surface area contributed by atoms with Crippen LogP contribution in [0.25, 0.3) is 11.3 Å². The minimum absolute atomic E-state index is 0.00533. The highest BCUT2D eigenvalue weighted by molar-refractivity contribution is 5.94. The third kappa shape index (κ3) is 1.92. The molecule has 2 aromatic rings. The van der Waals surface area contributed by atoms with Crippen molar-refractivity contribution in [2.45, 2.75) is 0 Å². The number of ether oxygens (including phenoxy) is 1. The molecule has 3 N–H and O–H groups in total. The van der Waals surface area contributed by atoms with Gasteiger partial charge in [-0.2, -0.15) is 0 Å². The highest BCUT2D eigenvalue weighted by atomic mass is 16.5. The van der Waals surface area contributed by atoms with Crippen molar-refractivity contribution in [3.8, 4) is 17.0 Å². The molecule has 0 aliphatic rings. The van der Waals surface area contributed by atoms with E-state index in [1.165, 1.54) is 7.11 Å². The Morgan fingerprint density at radius 2 is 2.29 bits per heavy atom. The summed E-state index contributed by atoms with van der Waals surface area (Å²) in [4.78, 5) is 10.8. The van der Waals surface area contributed by atoms with Crippen LogP contribution in [0.2, 0.25) is 0 Å². The van der Waals surface area contributed by atoms with Gasteiger partial charge in [0.25, 0.3) is 5.76 Å². The maximum atomic E-state index is 10.8. The highest BCUT2D eigenvalue weighted by Crippen LogP contribution is 2.29. The van der Waals surface area contributed by atoms with Crippen LogP contribution in [-0.2, 0) is 0 Å². The van der Waals surface area contributed by atoms with Crippen molar-refractivity contribution in [2.75, 3.05) is 12.8 Å². The van der Waals surface area contributed by atoms with Gasteiger partial charge in [0.05, 0.1) is 7.11 Å². The topological polar surface area (TPSA) is 98.6 Å². The first-order valence-electron chi connectivity index (χ1n) is 4.76. The minimum Gasteiger partial charge on any atom is -0.497 e. The lowest BCUT2D eigenvalue weighted by Gasteiger charge is -2.01. The van der Waals surface area contributed by atoms with Crippen LogP contribution in [0, 0.1) is 0 Å². The third-order valence-electron chi connectivity index (χ3n) is 2.27. The number of hydrogen-bond donors (Lipinski definition) is 2. The van der Waals surface area contributed by atoms with Crippen LogP contribution in [0.3, 0.4) is 0 Å². The normalized spacial score (nSPS) is 10.2. The van der Waals surface area contributed by atoms with E-state index in [2.05, 4.69) is 9.68 Å². The minimum atomic E-state index is -1.25. The fourth-order valence-corrected chi connectivity index (χ4v) is 1.43. The molecule has 2 rings (SSSR count). The molecule has 0 radical (unpaired) electrons. The summed E-state index contributed by atoms with van der Waals surface area (Å²) < 4.78 is 9.72. The van der Waals surface area contributed by atoms with Crippen LogP contribution in [0.4, 0.5) is 5.69 Å². The lowest BCUT2D eigenvalue weighted by Crippen LogP contribution is -1.99.